The molecule has 1 atom stereocenters. The maximum Gasteiger partial charge on any atom is 0.266 e. The average molecular weight is 413 g/mol. The van der Waals surface area contributed by atoms with E-state index >= 15 is 0 Å². The van der Waals surface area contributed by atoms with Crippen LogP contribution < -0.4 is 0 Å². The van der Waals surface area contributed by atoms with Crippen LogP contribution in [-0.2, 0) is 9.84 Å². The highest BCUT2D eigenvalue weighted by molar-refractivity contribution is 7.91. The van der Waals surface area contributed by atoms with E-state index in [4.69, 9.17) is 4.98 Å². The molecule has 1 unspecified atom stereocenters. The zero-order chi connectivity index (χ0) is 19.7. The van der Waals surface area contributed by atoms with Gasteiger partial charge in [-0.1, -0.05) is 60.7 Å². The van der Waals surface area contributed by atoms with Crippen molar-refractivity contribution in [3.8, 4) is 21.8 Å². The fourth-order valence-corrected chi connectivity index (χ4v) is 6.22. The molecule has 3 aromatic rings. The second-order valence-electron chi connectivity index (χ2n) is 6.90. The lowest BCUT2D eigenvalue weighted by Crippen LogP contribution is -2.37. The van der Waals surface area contributed by atoms with Crippen molar-refractivity contribution in [2.24, 2.45) is 0 Å². The van der Waals surface area contributed by atoms with Crippen LogP contribution in [0.5, 0.6) is 0 Å². The van der Waals surface area contributed by atoms with E-state index in [1.807, 2.05) is 60.7 Å². The summed E-state index contributed by atoms with van der Waals surface area (Å²) < 4.78 is 23.7. The number of carbonyl (C=O) groups is 1. The molecule has 28 heavy (non-hydrogen) atoms. The summed E-state index contributed by atoms with van der Waals surface area (Å²) in [6.45, 7) is 0. The van der Waals surface area contributed by atoms with Gasteiger partial charge in [-0.05, 0) is 6.42 Å². The van der Waals surface area contributed by atoms with Crippen molar-refractivity contribution in [2.75, 3.05) is 18.6 Å². The van der Waals surface area contributed by atoms with E-state index in [0.29, 0.717) is 17.0 Å². The minimum atomic E-state index is -3.06. The lowest BCUT2D eigenvalue weighted by Gasteiger charge is -2.23. The topological polar surface area (TPSA) is 67.3 Å². The van der Waals surface area contributed by atoms with Crippen molar-refractivity contribution in [2.45, 2.75) is 12.5 Å². The molecule has 0 aliphatic carbocycles. The number of hydrogen-bond acceptors (Lipinski definition) is 5. The number of benzene rings is 2. The molecule has 1 amide bonds. The van der Waals surface area contributed by atoms with E-state index in [1.165, 1.54) is 11.3 Å². The molecule has 1 fully saturated rings. The number of nitrogens with zero attached hydrogens (tertiary/aromatic N) is 2. The lowest BCUT2D eigenvalue weighted by molar-refractivity contribution is 0.0753. The summed E-state index contributed by atoms with van der Waals surface area (Å²) in [5.74, 6) is -0.0143. The number of rotatable bonds is 4. The zero-order valence-corrected chi connectivity index (χ0v) is 17.0. The molecule has 0 saturated carbocycles. The van der Waals surface area contributed by atoms with Crippen LogP contribution >= 0.6 is 11.3 Å². The van der Waals surface area contributed by atoms with Crippen LogP contribution in [0, 0.1) is 0 Å². The van der Waals surface area contributed by atoms with Gasteiger partial charge in [0.25, 0.3) is 5.91 Å². The SMILES string of the molecule is CN(C(=O)c1sc(-c2ccccc2)nc1-c1ccccc1)C1CCS(=O)(=O)C1. The fraction of sp³-hybridized carbons (Fsp3) is 0.238. The highest BCUT2D eigenvalue weighted by atomic mass is 32.2. The van der Waals surface area contributed by atoms with E-state index in [1.54, 1.807) is 11.9 Å². The van der Waals surface area contributed by atoms with Gasteiger partial charge in [0, 0.05) is 24.2 Å². The van der Waals surface area contributed by atoms with Crippen molar-refractivity contribution < 1.29 is 13.2 Å². The number of thiazole rings is 1. The minimum absolute atomic E-state index is 0.0280. The molecule has 0 radical (unpaired) electrons. The predicted molar refractivity (Wildman–Crippen MR) is 112 cm³/mol. The molecular weight excluding hydrogens is 392 g/mol. The van der Waals surface area contributed by atoms with Crippen LogP contribution in [0.4, 0.5) is 0 Å². The van der Waals surface area contributed by atoms with Gasteiger partial charge in [0.05, 0.1) is 17.2 Å². The quantitative estimate of drug-likeness (QED) is 0.655. The van der Waals surface area contributed by atoms with Crippen molar-refractivity contribution in [1.82, 2.24) is 9.88 Å². The normalized spacial score (nSPS) is 18.1. The van der Waals surface area contributed by atoms with Crippen molar-refractivity contribution in [3.05, 3.63) is 65.5 Å². The van der Waals surface area contributed by atoms with Gasteiger partial charge in [0.2, 0.25) is 0 Å². The van der Waals surface area contributed by atoms with Gasteiger partial charge in [-0.25, -0.2) is 13.4 Å². The van der Waals surface area contributed by atoms with Gasteiger partial charge in [-0.3, -0.25) is 4.79 Å². The standard InChI is InChI=1S/C21H20N2O3S2/c1-23(17-12-13-28(25,26)14-17)21(24)19-18(15-8-4-2-5-9-15)22-20(27-19)16-10-6-3-7-11-16/h2-11,17H,12-14H2,1H3. The molecule has 1 aliphatic heterocycles. The summed E-state index contributed by atoms with van der Waals surface area (Å²) in [4.78, 5) is 20.2. The summed E-state index contributed by atoms with van der Waals surface area (Å²) in [6, 6.07) is 19.1. The molecule has 2 aromatic carbocycles. The van der Waals surface area contributed by atoms with E-state index in [-0.39, 0.29) is 23.5 Å². The van der Waals surface area contributed by atoms with E-state index < -0.39 is 9.84 Å². The van der Waals surface area contributed by atoms with Gasteiger partial charge in [-0.15, -0.1) is 11.3 Å². The lowest BCUT2D eigenvalue weighted by atomic mass is 10.1. The van der Waals surface area contributed by atoms with E-state index in [0.717, 1.165) is 16.1 Å². The average Bonchev–Trinajstić information content (AvgIpc) is 3.32. The van der Waals surface area contributed by atoms with Crippen LogP contribution in [0.2, 0.25) is 0 Å². The van der Waals surface area contributed by atoms with Crippen molar-refractivity contribution in [1.29, 1.82) is 0 Å². The van der Waals surface area contributed by atoms with E-state index in [9.17, 15) is 13.2 Å². The van der Waals surface area contributed by atoms with E-state index in [2.05, 4.69) is 0 Å². The Morgan fingerprint density at radius 3 is 2.21 bits per heavy atom. The molecule has 0 spiro atoms. The molecule has 0 bridgehead atoms. The molecule has 144 valence electrons. The van der Waals surface area contributed by atoms with Crippen LogP contribution in [0.1, 0.15) is 16.1 Å². The first-order valence-electron chi connectivity index (χ1n) is 9.04. The van der Waals surface area contributed by atoms with Crippen LogP contribution in [-0.4, -0.2) is 48.8 Å². The number of aromatic nitrogens is 1. The summed E-state index contributed by atoms with van der Waals surface area (Å²) in [5.41, 5.74) is 2.47. The Labute approximate surface area is 168 Å². The first-order chi connectivity index (χ1) is 13.4. The molecule has 2 heterocycles. The molecule has 1 aliphatic rings. The van der Waals surface area contributed by atoms with Gasteiger partial charge >= 0.3 is 0 Å². The molecule has 7 heteroatoms. The Balaban J connectivity index is 1.74. The summed E-state index contributed by atoms with van der Waals surface area (Å²) in [7, 11) is -1.38. The van der Waals surface area contributed by atoms with Gasteiger partial charge in [0.1, 0.15) is 9.88 Å². The summed E-state index contributed by atoms with van der Waals surface area (Å²) in [6.07, 6.45) is 0.482. The van der Waals surface area contributed by atoms with Crippen LogP contribution in [0.15, 0.2) is 60.7 Å². The zero-order valence-electron chi connectivity index (χ0n) is 15.4. The minimum Gasteiger partial charge on any atom is -0.337 e. The maximum absolute atomic E-state index is 13.3. The monoisotopic (exact) mass is 412 g/mol. The third-order valence-electron chi connectivity index (χ3n) is 4.97. The molecule has 0 N–H and O–H groups in total. The number of hydrogen-bond donors (Lipinski definition) is 0. The number of carbonyl (C=O) groups excluding carboxylic acids is 1. The van der Waals surface area contributed by atoms with Gasteiger partial charge in [-0.2, -0.15) is 0 Å². The Kier molecular flexibility index (Phi) is 5.03. The molecule has 4 rings (SSSR count). The van der Waals surface area contributed by atoms with Crippen molar-refractivity contribution >= 4 is 27.1 Å². The van der Waals surface area contributed by atoms with Gasteiger partial charge in [0.15, 0.2) is 9.84 Å². The first-order valence-corrected chi connectivity index (χ1v) is 11.7. The molecule has 1 aromatic heterocycles. The molecule has 1 saturated heterocycles. The highest BCUT2D eigenvalue weighted by Crippen LogP contribution is 2.35. The fourth-order valence-electron chi connectivity index (χ4n) is 3.37. The Bertz CT molecular complexity index is 1090. The molecule has 5 nitrogen and oxygen atoms in total. The highest BCUT2D eigenvalue weighted by Gasteiger charge is 2.34. The maximum atomic E-state index is 13.3. The second-order valence-corrected chi connectivity index (χ2v) is 10.1. The van der Waals surface area contributed by atoms with Gasteiger partial charge < -0.3 is 4.90 Å². The Morgan fingerprint density at radius 1 is 1.04 bits per heavy atom. The van der Waals surface area contributed by atoms with Crippen molar-refractivity contribution in [3.63, 3.8) is 0 Å². The second kappa shape index (κ2) is 7.48. The largest absolute Gasteiger partial charge is 0.337 e. The smallest absolute Gasteiger partial charge is 0.266 e. The first kappa shape index (κ1) is 18.8. The third kappa shape index (κ3) is 3.72. The predicted octanol–water partition coefficient (Wildman–Crippen LogP) is 3.74. The summed E-state index contributed by atoms with van der Waals surface area (Å²) >= 11 is 1.35. The third-order valence-corrected chi connectivity index (χ3v) is 7.81. The number of amides is 1. The van der Waals surface area contributed by atoms with Crippen LogP contribution in [0.25, 0.3) is 21.8 Å². The Hall–Kier alpha value is -2.51. The summed E-state index contributed by atoms with van der Waals surface area (Å²) in [5, 5.41) is 0.773. The Morgan fingerprint density at radius 2 is 1.64 bits per heavy atom. The number of sulfone groups is 1. The molecular formula is C21H20N2O3S2. The van der Waals surface area contributed by atoms with Crippen LogP contribution in [0.3, 0.4) is 0 Å².